The van der Waals surface area contributed by atoms with E-state index in [0.717, 1.165) is 35.1 Å². The number of hydrogen-bond donors (Lipinski definition) is 0. The Kier molecular flexibility index (Phi) is 11.3. The van der Waals surface area contributed by atoms with E-state index in [1.165, 1.54) is 84.7 Å². The molecule has 0 N–H and O–H groups in total. The molecule has 0 aliphatic heterocycles. The Labute approximate surface area is 286 Å². The van der Waals surface area contributed by atoms with Crippen LogP contribution in [-0.4, -0.2) is 8.07 Å². The van der Waals surface area contributed by atoms with E-state index in [0.29, 0.717) is 0 Å². The van der Waals surface area contributed by atoms with Crippen LogP contribution in [-0.2, 0) is 5.41 Å². The van der Waals surface area contributed by atoms with Crippen LogP contribution in [0.15, 0.2) is 84.9 Å². The van der Waals surface area contributed by atoms with E-state index in [-0.39, 0.29) is 5.41 Å². The van der Waals surface area contributed by atoms with Gasteiger partial charge in [-0.1, -0.05) is 145 Å². The molecule has 47 heavy (non-hydrogen) atoms. The first kappa shape index (κ1) is 34.1. The average Bonchev–Trinajstić information content (AvgIpc) is 3.35. The Morgan fingerprint density at radius 3 is 1.47 bits per heavy atom. The van der Waals surface area contributed by atoms with Crippen LogP contribution in [0.25, 0.3) is 22.3 Å². The van der Waals surface area contributed by atoms with Gasteiger partial charge in [-0.25, -0.2) is 0 Å². The van der Waals surface area contributed by atoms with Gasteiger partial charge in [-0.15, -0.1) is 12.0 Å². The quantitative estimate of drug-likeness (QED) is 0.0878. The molecular weight excluding hydrogens is 581 g/mol. The van der Waals surface area contributed by atoms with Crippen LogP contribution in [0.4, 0.5) is 0 Å². The minimum Gasteiger partial charge on any atom is -0.127 e. The fourth-order valence-electron chi connectivity index (χ4n) is 6.93. The molecule has 0 amide bonds. The van der Waals surface area contributed by atoms with Crippen molar-refractivity contribution in [1.29, 1.82) is 0 Å². The Morgan fingerprint density at radius 1 is 0.532 bits per heavy atom. The Hall–Kier alpha value is -4.22. The fourth-order valence-corrected chi connectivity index (χ4v) is 7.45. The molecule has 0 unspecified atom stereocenters. The van der Waals surface area contributed by atoms with Crippen LogP contribution in [0.2, 0.25) is 19.6 Å². The van der Waals surface area contributed by atoms with Crippen molar-refractivity contribution < 1.29 is 0 Å². The van der Waals surface area contributed by atoms with Gasteiger partial charge in [0.2, 0.25) is 0 Å². The highest BCUT2D eigenvalue weighted by atomic mass is 28.3. The molecule has 0 saturated heterocycles. The Bertz CT molecular complexity index is 1820. The van der Waals surface area contributed by atoms with Gasteiger partial charge < -0.3 is 0 Å². The highest BCUT2D eigenvalue weighted by Gasteiger charge is 2.42. The summed E-state index contributed by atoms with van der Waals surface area (Å²) in [6.45, 7) is 11.4. The van der Waals surface area contributed by atoms with Crippen molar-refractivity contribution in [2.24, 2.45) is 0 Å². The standard InChI is InChI=1S/C46H50Si/c1-7-10-12-14-31-46(32-15-13-11-8-2)44-34-36(9-3)22-28-42(44)43-29-23-39(35-45(43)46)17-16-37-18-24-40(25-19-37)41-26-20-38(21-27-41)30-33-47(4,5)6/h3,18-29,34-35H,7-8,10-15,31-32H2,1-2,4-6H3. The van der Waals surface area contributed by atoms with Crippen LogP contribution in [0.3, 0.4) is 0 Å². The Balaban J connectivity index is 1.43. The van der Waals surface area contributed by atoms with Crippen molar-refractivity contribution in [2.45, 2.75) is 103 Å². The third-order valence-electron chi connectivity index (χ3n) is 9.48. The molecule has 0 radical (unpaired) electrons. The van der Waals surface area contributed by atoms with Crippen molar-refractivity contribution in [3.63, 3.8) is 0 Å². The maximum atomic E-state index is 5.94. The zero-order chi connectivity index (χ0) is 33.3. The summed E-state index contributed by atoms with van der Waals surface area (Å²) in [6, 6.07) is 30.8. The summed E-state index contributed by atoms with van der Waals surface area (Å²) in [5.74, 6) is 13.3. The number of unbranched alkanes of at least 4 members (excludes halogenated alkanes) is 6. The van der Waals surface area contributed by atoms with Gasteiger partial charge in [-0.2, -0.15) is 0 Å². The number of hydrogen-bond acceptors (Lipinski definition) is 0. The lowest BCUT2D eigenvalue weighted by atomic mass is 9.70. The van der Waals surface area contributed by atoms with Crippen molar-refractivity contribution in [2.75, 3.05) is 0 Å². The first-order valence-electron chi connectivity index (χ1n) is 17.8. The number of fused-ring (bicyclic) bond motifs is 3. The van der Waals surface area contributed by atoms with E-state index in [9.17, 15) is 0 Å². The fraction of sp³-hybridized carbons (Fsp3) is 0.348. The Morgan fingerprint density at radius 2 is 0.979 bits per heavy atom. The van der Waals surface area contributed by atoms with Crippen LogP contribution in [0, 0.1) is 35.6 Å². The van der Waals surface area contributed by atoms with Crippen molar-refractivity contribution in [3.05, 3.63) is 118 Å². The summed E-state index contributed by atoms with van der Waals surface area (Å²) in [5.41, 5.74) is 15.6. The molecule has 0 heterocycles. The van der Waals surface area contributed by atoms with E-state index >= 15 is 0 Å². The SMILES string of the molecule is C#Cc1ccc2c(c1)C(CCCCCC)(CCCCCC)c1cc(C#Cc3ccc(-c4ccc(C#C[Si](C)(C)C)cc4)cc3)ccc1-2. The zero-order valence-electron chi connectivity index (χ0n) is 29.2. The van der Waals surface area contributed by atoms with E-state index in [1.54, 1.807) is 0 Å². The molecule has 0 bridgehead atoms. The molecule has 0 atom stereocenters. The van der Waals surface area contributed by atoms with Crippen molar-refractivity contribution in [1.82, 2.24) is 0 Å². The maximum absolute atomic E-state index is 5.94. The minimum atomic E-state index is -1.39. The lowest BCUT2D eigenvalue weighted by Gasteiger charge is -2.33. The van der Waals surface area contributed by atoms with Crippen molar-refractivity contribution in [3.8, 4) is 57.9 Å². The van der Waals surface area contributed by atoms with Gasteiger partial charge in [0, 0.05) is 27.7 Å². The van der Waals surface area contributed by atoms with Gasteiger partial charge in [0.05, 0.1) is 0 Å². The molecule has 0 fully saturated rings. The van der Waals surface area contributed by atoms with Gasteiger partial charge in [-0.3, -0.25) is 0 Å². The molecule has 0 spiro atoms. The van der Waals surface area contributed by atoms with E-state index in [1.807, 2.05) is 0 Å². The molecule has 0 saturated carbocycles. The molecule has 1 heteroatoms. The predicted octanol–water partition coefficient (Wildman–Crippen LogP) is 12.2. The molecule has 4 aromatic carbocycles. The van der Waals surface area contributed by atoms with Gasteiger partial charge >= 0.3 is 0 Å². The molecule has 1 aliphatic rings. The second kappa shape index (κ2) is 15.6. The summed E-state index contributed by atoms with van der Waals surface area (Å²) in [6.07, 6.45) is 18.4. The highest BCUT2D eigenvalue weighted by molar-refractivity contribution is 6.83. The van der Waals surface area contributed by atoms with Gasteiger partial charge in [0.25, 0.3) is 0 Å². The van der Waals surface area contributed by atoms with E-state index < -0.39 is 8.07 Å². The van der Waals surface area contributed by atoms with E-state index in [4.69, 9.17) is 6.42 Å². The molecule has 0 nitrogen and oxygen atoms in total. The van der Waals surface area contributed by atoms with Crippen LogP contribution >= 0.6 is 0 Å². The van der Waals surface area contributed by atoms with Gasteiger partial charge in [-0.05, 0) is 94.8 Å². The number of benzene rings is 4. The second-order valence-electron chi connectivity index (χ2n) is 14.3. The summed E-state index contributed by atoms with van der Waals surface area (Å²) < 4.78 is 0. The summed E-state index contributed by atoms with van der Waals surface area (Å²) in [7, 11) is -1.39. The molecule has 238 valence electrons. The number of rotatable bonds is 11. The number of terminal acetylenes is 1. The lowest BCUT2D eigenvalue weighted by molar-refractivity contribution is 0.401. The van der Waals surface area contributed by atoms with Gasteiger partial charge in [0.15, 0.2) is 0 Å². The monoisotopic (exact) mass is 630 g/mol. The maximum Gasteiger partial charge on any atom is 0.129 e. The first-order chi connectivity index (χ1) is 22.8. The van der Waals surface area contributed by atoms with Crippen molar-refractivity contribution >= 4 is 8.07 Å². The van der Waals surface area contributed by atoms with E-state index in [2.05, 4.69) is 148 Å². The predicted molar refractivity (Wildman–Crippen MR) is 206 cm³/mol. The molecule has 1 aliphatic carbocycles. The van der Waals surface area contributed by atoms with Crippen LogP contribution in [0.5, 0.6) is 0 Å². The third kappa shape index (κ3) is 8.39. The summed E-state index contributed by atoms with van der Waals surface area (Å²) >= 11 is 0. The molecule has 5 rings (SSSR count). The first-order valence-corrected chi connectivity index (χ1v) is 21.3. The smallest absolute Gasteiger partial charge is 0.127 e. The molecular formula is C46H50Si. The molecule has 4 aromatic rings. The normalized spacial score (nSPS) is 12.6. The zero-order valence-corrected chi connectivity index (χ0v) is 30.2. The summed E-state index contributed by atoms with van der Waals surface area (Å²) in [5, 5.41) is 0. The molecule has 0 aromatic heterocycles. The summed E-state index contributed by atoms with van der Waals surface area (Å²) in [4.78, 5) is 0. The second-order valence-corrected chi connectivity index (χ2v) is 19.0. The van der Waals surface area contributed by atoms with Gasteiger partial charge in [0.1, 0.15) is 8.07 Å². The van der Waals surface area contributed by atoms with Crippen LogP contribution < -0.4 is 0 Å². The topological polar surface area (TPSA) is 0 Å². The highest BCUT2D eigenvalue weighted by Crippen LogP contribution is 2.54. The lowest BCUT2D eigenvalue weighted by Crippen LogP contribution is -2.26. The average molecular weight is 631 g/mol. The minimum absolute atomic E-state index is 0.00579. The van der Waals surface area contributed by atoms with Crippen LogP contribution in [0.1, 0.15) is 111 Å². The third-order valence-corrected chi connectivity index (χ3v) is 10.4. The largest absolute Gasteiger partial charge is 0.129 e.